The van der Waals surface area contributed by atoms with Gasteiger partial charge in [-0.05, 0) is 13.8 Å². The highest BCUT2D eigenvalue weighted by Gasteiger charge is 2.08. The van der Waals surface area contributed by atoms with Crippen molar-refractivity contribution in [2.45, 2.75) is 20.3 Å². The molecule has 12 heavy (non-hydrogen) atoms. The second-order valence-corrected chi connectivity index (χ2v) is 3.07. The molecule has 0 aromatic heterocycles. The standard InChI is InChI=1S/C8H15O3P/c1-4-7-8-11-12(9-5-2)10-6-3/h1H,5-8H2,2-3H3. The molecule has 0 aliphatic rings. The Hall–Kier alpha value is -0.130. The SMILES string of the molecule is C#CCCOP(OCC)OCC. The van der Waals surface area contributed by atoms with Crippen molar-refractivity contribution in [3.8, 4) is 12.3 Å². The summed E-state index contributed by atoms with van der Waals surface area (Å²) in [6, 6.07) is 0. The quantitative estimate of drug-likeness (QED) is 0.350. The summed E-state index contributed by atoms with van der Waals surface area (Å²) in [6.07, 6.45) is 5.65. The minimum atomic E-state index is -1.17. The largest absolute Gasteiger partial charge is 0.332 e. The minimum Gasteiger partial charge on any atom is -0.313 e. The van der Waals surface area contributed by atoms with Gasteiger partial charge in [0.05, 0.1) is 19.8 Å². The zero-order valence-electron chi connectivity index (χ0n) is 7.58. The van der Waals surface area contributed by atoms with Gasteiger partial charge in [-0.1, -0.05) is 0 Å². The summed E-state index contributed by atoms with van der Waals surface area (Å²) in [6.45, 7) is 5.50. The van der Waals surface area contributed by atoms with Crippen molar-refractivity contribution in [2.24, 2.45) is 0 Å². The molecule has 0 saturated heterocycles. The molecule has 0 heterocycles. The average Bonchev–Trinajstić information content (AvgIpc) is 2.06. The Kier molecular flexibility index (Phi) is 8.86. The molecule has 0 aromatic rings. The molecule has 0 aliphatic carbocycles. The molecule has 0 fully saturated rings. The maximum Gasteiger partial charge on any atom is 0.332 e. The van der Waals surface area contributed by atoms with Crippen LogP contribution >= 0.6 is 8.60 Å². The van der Waals surface area contributed by atoms with E-state index in [1.165, 1.54) is 0 Å². The average molecular weight is 190 g/mol. The van der Waals surface area contributed by atoms with Gasteiger partial charge in [-0.15, -0.1) is 12.3 Å². The molecule has 0 saturated carbocycles. The van der Waals surface area contributed by atoms with Crippen molar-refractivity contribution in [3.05, 3.63) is 0 Å². The molecule has 0 bridgehead atoms. The third kappa shape index (κ3) is 6.57. The second kappa shape index (κ2) is 8.96. The molecule has 0 spiro atoms. The molecule has 4 heteroatoms. The fourth-order valence-corrected chi connectivity index (χ4v) is 1.39. The first kappa shape index (κ1) is 11.9. The van der Waals surface area contributed by atoms with Crippen LogP contribution in [0, 0.1) is 12.3 Å². The van der Waals surface area contributed by atoms with Crippen LogP contribution in [-0.4, -0.2) is 19.8 Å². The normalized spacial score (nSPS) is 10.2. The molecule has 0 atom stereocenters. The van der Waals surface area contributed by atoms with E-state index in [0.29, 0.717) is 26.2 Å². The Balaban J connectivity index is 3.42. The van der Waals surface area contributed by atoms with Crippen molar-refractivity contribution in [1.29, 1.82) is 0 Å². The summed E-state index contributed by atoms with van der Waals surface area (Å²) in [5.74, 6) is 2.48. The highest BCUT2D eigenvalue weighted by molar-refractivity contribution is 7.41. The molecule has 0 N–H and O–H groups in total. The van der Waals surface area contributed by atoms with Crippen LogP contribution in [0.3, 0.4) is 0 Å². The lowest BCUT2D eigenvalue weighted by Gasteiger charge is -2.13. The van der Waals surface area contributed by atoms with Crippen LogP contribution in [0.15, 0.2) is 0 Å². The van der Waals surface area contributed by atoms with Crippen LogP contribution < -0.4 is 0 Å². The summed E-state index contributed by atoms with van der Waals surface area (Å²) in [4.78, 5) is 0. The molecule has 0 amide bonds. The Morgan fingerprint density at radius 2 is 1.75 bits per heavy atom. The molecular formula is C8H15O3P. The highest BCUT2D eigenvalue weighted by atomic mass is 31.2. The van der Waals surface area contributed by atoms with Gasteiger partial charge in [0, 0.05) is 6.42 Å². The third-order valence-corrected chi connectivity index (χ3v) is 2.24. The molecule has 3 nitrogen and oxygen atoms in total. The number of terminal acetylenes is 1. The lowest BCUT2D eigenvalue weighted by molar-refractivity contribution is 0.173. The van der Waals surface area contributed by atoms with E-state index in [1.54, 1.807) is 0 Å². The second-order valence-electron chi connectivity index (χ2n) is 1.85. The molecule has 0 unspecified atom stereocenters. The van der Waals surface area contributed by atoms with Crippen molar-refractivity contribution < 1.29 is 13.6 Å². The monoisotopic (exact) mass is 190 g/mol. The molecule has 0 rings (SSSR count). The summed E-state index contributed by atoms with van der Waals surface area (Å²) < 4.78 is 15.6. The van der Waals surface area contributed by atoms with E-state index in [0.717, 1.165) is 0 Å². The van der Waals surface area contributed by atoms with Crippen LogP contribution in [0.25, 0.3) is 0 Å². The van der Waals surface area contributed by atoms with E-state index < -0.39 is 8.60 Å². The van der Waals surface area contributed by atoms with E-state index in [9.17, 15) is 0 Å². The molecule has 0 radical (unpaired) electrons. The van der Waals surface area contributed by atoms with Crippen molar-refractivity contribution in [1.82, 2.24) is 0 Å². The number of rotatable bonds is 7. The van der Waals surface area contributed by atoms with E-state index in [1.807, 2.05) is 13.8 Å². The van der Waals surface area contributed by atoms with Crippen LogP contribution in [0.5, 0.6) is 0 Å². The smallest absolute Gasteiger partial charge is 0.313 e. The van der Waals surface area contributed by atoms with Gasteiger partial charge >= 0.3 is 8.60 Å². The topological polar surface area (TPSA) is 27.7 Å². The lowest BCUT2D eigenvalue weighted by atomic mass is 10.5. The minimum absolute atomic E-state index is 0.502. The van der Waals surface area contributed by atoms with Gasteiger partial charge in [-0.3, -0.25) is 0 Å². The van der Waals surface area contributed by atoms with E-state index >= 15 is 0 Å². The van der Waals surface area contributed by atoms with E-state index in [-0.39, 0.29) is 0 Å². The highest BCUT2D eigenvalue weighted by Crippen LogP contribution is 2.39. The van der Waals surface area contributed by atoms with Crippen LogP contribution in [-0.2, 0) is 13.6 Å². The van der Waals surface area contributed by atoms with Gasteiger partial charge in [0.2, 0.25) is 0 Å². The summed E-state index contributed by atoms with van der Waals surface area (Å²) in [5, 5.41) is 0. The zero-order valence-corrected chi connectivity index (χ0v) is 8.47. The van der Waals surface area contributed by atoms with Gasteiger partial charge in [0.15, 0.2) is 0 Å². The van der Waals surface area contributed by atoms with Crippen molar-refractivity contribution in [3.63, 3.8) is 0 Å². The molecule has 0 aliphatic heterocycles. The lowest BCUT2D eigenvalue weighted by Crippen LogP contribution is -1.96. The fraction of sp³-hybridized carbons (Fsp3) is 0.750. The van der Waals surface area contributed by atoms with Gasteiger partial charge in [-0.2, -0.15) is 0 Å². The van der Waals surface area contributed by atoms with Crippen LogP contribution in [0.1, 0.15) is 20.3 Å². The first-order valence-corrected chi connectivity index (χ1v) is 5.07. The summed E-state index contributed by atoms with van der Waals surface area (Å²) >= 11 is 0. The third-order valence-electron chi connectivity index (χ3n) is 0.912. The maximum absolute atomic E-state index is 5.24. The van der Waals surface area contributed by atoms with Gasteiger partial charge in [-0.25, -0.2) is 0 Å². The first-order chi connectivity index (χ1) is 5.85. The summed E-state index contributed by atoms with van der Waals surface area (Å²) in [5.41, 5.74) is 0. The van der Waals surface area contributed by atoms with Crippen molar-refractivity contribution >= 4 is 8.60 Å². The van der Waals surface area contributed by atoms with Gasteiger partial charge < -0.3 is 13.6 Å². The fourth-order valence-electron chi connectivity index (χ4n) is 0.502. The molecular weight excluding hydrogens is 175 g/mol. The van der Waals surface area contributed by atoms with Crippen molar-refractivity contribution in [2.75, 3.05) is 19.8 Å². The predicted octanol–water partition coefficient (Wildman–Crippen LogP) is 2.33. The Bertz CT molecular complexity index is 127. The van der Waals surface area contributed by atoms with Gasteiger partial charge in [0.25, 0.3) is 0 Å². The Morgan fingerprint density at radius 3 is 2.17 bits per heavy atom. The maximum atomic E-state index is 5.24. The van der Waals surface area contributed by atoms with Gasteiger partial charge in [0.1, 0.15) is 0 Å². The number of hydrogen-bond acceptors (Lipinski definition) is 3. The first-order valence-electron chi connectivity index (χ1n) is 3.97. The molecule has 70 valence electrons. The zero-order chi connectivity index (χ0) is 9.23. The van der Waals surface area contributed by atoms with Crippen LogP contribution in [0.4, 0.5) is 0 Å². The summed E-state index contributed by atoms with van der Waals surface area (Å²) in [7, 11) is -1.17. The number of hydrogen-bond donors (Lipinski definition) is 0. The Morgan fingerprint density at radius 1 is 1.17 bits per heavy atom. The van der Waals surface area contributed by atoms with E-state index in [4.69, 9.17) is 20.0 Å². The molecule has 0 aromatic carbocycles. The van der Waals surface area contributed by atoms with E-state index in [2.05, 4.69) is 5.92 Å². The predicted molar refractivity (Wildman–Crippen MR) is 49.6 cm³/mol. The van der Waals surface area contributed by atoms with Crippen LogP contribution in [0.2, 0.25) is 0 Å². The Labute approximate surface area is 75.4 Å².